The first kappa shape index (κ1) is 19.6. The predicted molar refractivity (Wildman–Crippen MR) is 108 cm³/mol. The van der Waals surface area contributed by atoms with Crippen molar-refractivity contribution in [3.05, 3.63) is 39.4 Å². The maximum atomic E-state index is 15.3. The number of ketones is 1. The number of carboxylic acid groups (broad SMARTS) is 1. The van der Waals surface area contributed by atoms with E-state index in [1.54, 1.807) is 11.5 Å². The summed E-state index contributed by atoms with van der Waals surface area (Å²) in [5.41, 5.74) is -0.672. The van der Waals surface area contributed by atoms with E-state index in [4.69, 9.17) is 0 Å². The van der Waals surface area contributed by atoms with E-state index < -0.39 is 22.8 Å². The van der Waals surface area contributed by atoms with Crippen molar-refractivity contribution in [3.8, 4) is 0 Å². The molecule has 4 rings (SSSR count). The van der Waals surface area contributed by atoms with E-state index in [1.807, 2.05) is 11.9 Å². The second-order valence-corrected chi connectivity index (χ2v) is 8.69. The number of anilines is 1. The van der Waals surface area contributed by atoms with E-state index in [2.05, 4.69) is 18.7 Å². The number of carbonyl (C=O) groups excluding carboxylic acids is 1. The lowest BCUT2D eigenvalue weighted by molar-refractivity contribution is 0.0694. The van der Waals surface area contributed by atoms with Crippen molar-refractivity contribution >= 4 is 28.3 Å². The van der Waals surface area contributed by atoms with Crippen molar-refractivity contribution in [2.75, 3.05) is 31.6 Å². The average molecular weight is 401 g/mol. The summed E-state index contributed by atoms with van der Waals surface area (Å²) in [6.45, 7) is 7.69. The Labute approximate surface area is 167 Å². The highest BCUT2D eigenvalue weighted by Crippen LogP contribution is 2.39. The van der Waals surface area contributed by atoms with Crippen LogP contribution >= 0.6 is 0 Å². The van der Waals surface area contributed by atoms with Gasteiger partial charge in [-0.15, -0.1) is 0 Å². The third-order valence-corrected chi connectivity index (χ3v) is 6.34. The Kier molecular flexibility index (Phi) is 4.31. The number of likely N-dealkylation sites (N-methyl/N-ethyl adjacent to an activating group) is 1. The van der Waals surface area contributed by atoms with E-state index in [0.29, 0.717) is 25.2 Å². The molecular formula is C21H24FN3O4. The molecule has 1 aromatic heterocycles. The van der Waals surface area contributed by atoms with Crippen molar-refractivity contribution in [1.29, 1.82) is 0 Å². The summed E-state index contributed by atoms with van der Waals surface area (Å²) >= 11 is 0. The molecule has 0 amide bonds. The van der Waals surface area contributed by atoms with Crippen LogP contribution in [0, 0.1) is 5.82 Å². The van der Waals surface area contributed by atoms with E-state index in [9.17, 15) is 19.5 Å². The van der Waals surface area contributed by atoms with E-state index >= 15 is 4.39 Å². The lowest BCUT2D eigenvalue weighted by Crippen LogP contribution is -2.58. The first-order valence-corrected chi connectivity index (χ1v) is 9.67. The number of carboxylic acids is 1. The van der Waals surface area contributed by atoms with Gasteiger partial charge in [-0.2, -0.15) is 0 Å². The molecular weight excluding hydrogens is 377 g/mol. The molecule has 2 aromatic rings. The largest absolute Gasteiger partial charge is 0.477 e. The molecule has 154 valence electrons. The summed E-state index contributed by atoms with van der Waals surface area (Å²) in [7, 11) is 2.01. The summed E-state index contributed by atoms with van der Waals surface area (Å²) in [5.74, 6) is -2.25. The van der Waals surface area contributed by atoms with Crippen molar-refractivity contribution in [3.63, 3.8) is 0 Å². The molecule has 3 heterocycles. The molecule has 1 saturated heterocycles. The van der Waals surface area contributed by atoms with Crippen LogP contribution in [0.2, 0.25) is 0 Å². The van der Waals surface area contributed by atoms with Crippen LogP contribution in [0.25, 0.3) is 10.9 Å². The van der Waals surface area contributed by atoms with Gasteiger partial charge in [0, 0.05) is 43.8 Å². The fraction of sp³-hybridized carbons (Fsp3) is 0.476. The molecule has 8 heteroatoms. The van der Waals surface area contributed by atoms with Gasteiger partial charge < -0.3 is 14.6 Å². The van der Waals surface area contributed by atoms with Crippen LogP contribution < -0.4 is 10.3 Å². The van der Waals surface area contributed by atoms with Crippen molar-refractivity contribution < 1.29 is 19.1 Å². The number of halogens is 1. The molecule has 0 bridgehead atoms. The average Bonchev–Trinajstić information content (AvgIpc) is 2.62. The minimum atomic E-state index is -1.36. The first-order valence-electron chi connectivity index (χ1n) is 9.67. The zero-order chi connectivity index (χ0) is 21.2. The fourth-order valence-corrected chi connectivity index (χ4v) is 4.45. The smallest absolute Gasteiger partial charge is 0.341 e. The summed E-state index contributed by atoms with van der Waals surface area (Å²) in [6, 6.07) is 0.772. The molecule has 1 fully saturated rings. The van der Waals surface area contributed by atoms with E-state index in [1.165, 1.54) is 6.20 Å². The normalized spacial score (nSPS) is 21.6. The van der Waals surface area contributed by atoms with Gasteiger partial charge in [0.25, 0.3) is 0 Å². The second-order valence-electron chi connectivity index (χ2n) is 8.69. The Morgan fingerprint density at radius 2 is 1.97 bits per heavy atom. The van der Waals surface area contributed by atoms with Gasteiger partial charge in [0.05, 0.1) is 22.2 Å². The zero-order valence-corrected chi connectivity index (χ0v) is 17.0. The topological polar surface area (TPSA) is 82.8 Å². The van der Waals surface area contributed by atoms with Crippen molar-refractivity contribution in [2.45, 2.75) is 38.8 Å². The molecule has 0 saturated carbocycles. The number of benzene rings is 1. The fourth-order valence-electron chi connectivity index (χ4n) is 4.45. The van der Waals surface area contributed by atoms with E-state index in [0.717, 1.165) is 6.07 Å². The van der Waals surface area contributed by atoms with Gasteiger partial charge in [-0.25, -0.2) is 9.18 Å². The Hall–Kier alpha value is -2.74. The van der Waals surface area contributed by atoms with Gasteiger partial charge in [0.2, 0.25) is 5.43 Å². The SMILES string of the molecule is CC1CC(=O)c2c(N3CCN(C)C(C)(C)C3)c(F)cc3c(=O)c(C(=O)O)cn1c23. The third kappa shape index (κ3) is 2.85. The predicted octanol–water partition coefficient (Wildman–Crippen LogP) is 2.52. The van der Waals surface area contributed by atoms with Gasteiger partial charge in [0.1, 0.15) is 11.4 Å². The van der Waals surface area contributed by atoms with Crippen LogP contribution in [0.15, 0.2) is 17.1 Å². The number of carbonyl (C=O) groups is 2. The molecule has 7 nitrogen and oxygen atoms in total. The number of rotatable bonds is 2. The molecule has 0 radical (unpaired) electrons. The molecule has 29 heavy (non-hydrogen) atoms. The molecule has 1 aromatic carbocycles. The number of piperazine rings is 1. The first-order chi connectivity index (χ1) is 13.5. The molecule has 1 atom stereocenters. The van der Waals surface area contributed by atoms with Crippen molar-refractivity contribution in [2.24, 2.45) is 0 Å². The number of aromatic nitrogens is 1. The molecule has 2 aliphatic heterocycles. The molecule has 1 unspecified atom stereocenters. The number of hydrogen-bond acceptors (Lipinski definition) is 5. The van der Waals surface area contributed by atoms with Crippen LogP contribution in [0.3, 0.4) is 0 Å². The number of hydrogen-bond donors (Lipinski definition) is 1. The van der Waals surface area contributed by atoms with Crippen LogP contribution in [-0.2, 0) is 0 Å². The van der Waals surface area contributed by atoms with Gasteiger partial charge in [-0.1, -0.05) is 0 Å². The monoisotopic (exact) mass is 401 g/mol. The molecule has 1 N–H and O–H groups in total. The maximum Gasteiger partial charge on any atom is 0.341 e. The zero-order valence-electron chi connectivity index (χ0n) is 17.0. The van der Waals surface area contributed by atoms with Crippen LogP contribution in [0.4, 0.5) is 10.1 Å². The minimum Gasteiger partial charge on any atom is -0.477 e. The lowest BCUT2D eigenvalue weighted by atomic mass is 9.91. The van der Waals surface area contributed by atoms with E-state index in [-0.39, 0.29) is 40.4 Å². The van der Waals surface area contributed by atoms with Gasteiger partial charge >= 0.3 is 5.97 Å². The highest BCUT2D eigenvalue weighted by atomic mass is 19.1. The Morgan fingerprint density at radius 3 is 2.59 bits per heavy atom. The number of nitrogens with zero attached hydrogens (tertiary/aromatic N) is 3. The quantitative estimate of drug-likeness (QED) is 0.833. The van der Waals surface area contributed by atoms with Crippen molar-refractivity contribution in [1.82, 2.24) is 9.47 Å². The van der Waals surface area contributed by atoms with Gasteiger partial charge in [0.15, 0.2) is 5.78 Å². The lowest BCUT2D eigenvalue weighted by Gasteiger charge is -2.47. The van der Waals surface area contributed by atoms with Crippen LogP contribution in [0.5, 0.6) is 0 Å². The van der Waals surface area contributed by atoms with Crippen LogP contribution in [-0.4, -0.2) is 58.5 Å². The standard InChI is InChI=1S/C21H24FN3O4/c1-11-7-15(26)16-17-12(19(27)13(20(28)29)9-25(11)17)8-14(22)18(16)24-6-5-23(4)21(2,3)10-24/h8-9,11H,5-7,10H2,1-4H3,(H,28,29). The minimum absolute atomic E-state index is 0.0607. The van der Waals surface area contributed by atoms with Gasteiger partial charge in [-0.05, 0) is 33.9 Å². The summed E-state index contributed by atoms with van der Waals surface area (Å²) in [6.07, 6.45) is 1.40. The van der Waals surface area contributed by atoms with Gasteiger partial charge in [-0.3, -0.25) is 14.5 Å². The Balaban J connectivity index is 2.05. The van der Waals surface area contributed by atoms with Crippen LogP contribution in [0.1, 0.15) is 53.9 Å². The molecule has 2 aliphatic rings. The number of pyridine rings is 1. The third-order valence-electron chi connectivity index (χ3n) is 6.34. The highest BCUT2D eigenvalue weighted by molar-refractivity contribution is 6.13. The Bertz CT molecular complexity index is 1120. The molecule has 0 spiro atoms. The Morgan fingerprint density at radius 1 is 1.28 bits per heavy atom. The summed E-state index contributed by atoms with van der Waals surface area (Å²) in [4.78, 5) is 41.3. The number of Topliss-reactive ketones (excluding diaryl/α,β-unsaturated/α-hetero) is 1. The summed E-state index contributed by atoms with van der Waals surface area (Å²) < 4.78 is 17.0. The second kappa shape index (κ2) is 6.38. The molecule has 0 aliphatic carbocycles. The number of aromatic carboxylic acids is 1. The highest BCUT2D eigenvalue weighted by Gasteiger charge is 2.37. The maximum absolute atomic E-state index is 15.3. The summed E-state index contributed by atoms with van der Waals surface area (Å²) in [5, 5.41) is 9.33.